The monoisotopic (exact) mass is 476 g/mol. The van der Waals surface area contributed by atoms with Crippen LogP contribution in [0.15, 0.2) is 58.5 Å². The Bertz CT molecular complexity index is 1260. The van der Waals surface area contributed by atoms with Crippen molar-refractivity contribution in [3.8, 4) is 0 Å². The Morgan fingerprint density at radius 3 is 2.72 bits per heavy atom. The zero-order valence-electron chi connectivity index (χ0n) is 17.4. The average molecular weight is 477 g/mol. The minimum atomic E-state index is -3.99. The molecule has 9 heteroatoms. The minimum Gasteiger partial charge on any atom is -0.466 e. The van der Waals surface area contributed by atoms with Gasteiger partial charge in [0.2, 0.25) is 9.84 Å². The van der Waals surface area contributed by atoms with Crippen LogP contribution in [0.1, 0.15) is 19.8 Å². The van der Waals surface area contributed by atoms with Gasteiger partial charge in [-0.25, -0.2) is 12.8 Å². The molecule has 32 heavy (non-hydrogen) atoms. The highest BCUT2D eigenvalue weighted by atomic mass is 35.5. The Hall–Kier alpha value is -2.71. The van der Waals surface area contributed by atoms with E-state index in [4.69, 9.17) is 16.3 Å². The number of carbonyl (C=O) groups excluding carboxylic acids is 1. The van der Waals surface area contributed by atoms with E-state index in [2.05, 4.69) is 4.98 Å². The topological polar surface area (TPSA) is 76.6 Å². The first-order valence-corrected chi connectivity index (χ1v) is 12.2. The number of sulfone groups is 1. The van der Waals surface area contributed by atoms with Gasteiger partial charge in [-0.1, -0.05) is 11.6 Å². The molecule has 0 saturated carbocycles. The smallest absolute Gasteiger partial charge is 0.310 e. The molecule has 0 N–H and O–H groups in total. The maximum absolute atomic E-state index is 14.2. The molecule has 0 spiro atoms. The van der Waals surface area contributed by atoms with Crippen LogP contribution in [-0.4, -0.2) is 39.1 Å². The number of carbonyl (C=O) groups is 1. The zero-order valence-corrected chi connectivity index (χ0v) is 19.0. The lowest BCUT2D eigenvalue weighted by Crippen LogP contribution is -2.40. The lowest BCUT2D eigenvalue weighted by molar-refractivity contribution is -0.148. The number of nitrogens with zero attached hydrogens (tertiary/aromatic N) is 2. The normalized spacial score (nSPS) is 16.8. The molecule has 1 aromatic heterocycles. The fourth-order valence-corrected chi connectivity index (χ4v) is 5.59. The highest BCUT2D eigenvalue weighted by molar-refractivity contribution is 7.91. The number of fused-ring (bicyclic) bond motifs is 1. The Kier molecular flexibility index (Phi) is 6.35. The van der Waals surface area contributed by atoms with Crippen molar-refractivity contribution in [1.82, 2.24) is 4.98 Å². The molecule has 1 atom stereocenters. The van der Waals surface area contributed by atoms with Crippen LogP contribution in [0, 0.1) is 11.7 Å². The molecule has 1 aliphatic heterocycles. The second kappa shape index (κ2) is 9.03. The summed E-state index contributed by atoms with van der Waals surface area (Å²) in [4.78, 5) is 18.5. The maximum atomic E-state index is 14.2. The van der Waals surface area contributed by atoms with Crippen LogP contribution in [0.5, 0.6) is 0 Å². The van der Waals surface area contributed by atoms with Crippen LogP contribution in [-0.2, 0) is 19.4 Å². The van der Waals surface area contributed by atoms with E-state index in [1.807, 2.05) is 4.90 Å². The highest BCUT2D eigenvalue weighted by Gasteiger charge is 2.32. The largest absolute Gasteiger partial charge is 0.466 e. The number of benzene rings is 2. The van der Waals surface area contributed by atoms with E-state index >= 15 is 0 Å². The van der Waals surface area contributed by atoms with E-state index in [0.717, 1.165) is 0 Å². The molecule has 0 radical (unpaired) electrons. The van der Waals surface area contributed by atoms with Crippen molar-refractivity contribution >= 4 is 44.0 Å². The molecule has 1 aliphatic rings. The van der Waals surface area contributed by atoms with Gasteiger partial charge in [0.25, 0.3) is 0 Å². The molecule has 1 saturated heterocycles. The summed E-state index contributed by atoms with van der Waals surface area (Å²) in [6.45, 7) is 2.82. The van der Waals surface area contributed by atoms with Crippen molar-refractivity contribution in [2.75, 3.05) is 24.6 Å². The number of rotatable bonds is 5. The summed E-state index contributed by atoms with van der Waals surface area (Å²) in [6, 6.07) is 9.93. The van der Waals surface area contributed by atoms with Gasteiger partial charge in [-0.05, 0) is 62.2 Å². The van der Waals surface area contributed by atoms with E-state index in [1.165, 1.54) is 48.7 Å². The zero-order chi connectivity index (χ0) is 22.9. The fourth-order valence-electron chi connectivity index (χ4n) is 4.03. The standard InChI is InChI=1S/C23H22ClFN2O4S/c1-2-31-23(28)15-4-3-11-27(14-15)22-19-12-17(25)7-10-20(19)26-13-21(22)32(29,30)18-8-5-16(24)6-9-18/h5-10,12-13,15H,2-4,11,14H2,1H3/t15-/m1/s1. The average Bonchev–Trinajstić information content (AvgIpc) is 2.78. The predicted octanol–water partition coefficient (Wildman–Crippen LogP) is 4.64. The van der Waals surface area contributed by atoms with Crippen LogP contribution in [0.2, 0.25) is 5.02 Å². The van der Waals surface area contributed by atoms with E-state index in [1.54, 1.807) is 6.92 Å². The molecule has 4 rings (SSSR count). The van der Waals surface area contributed by atoms with Crippen molar-refractivity contribution in [2.45, 2.75) is 29.6 Å². The van der Waals surface area contributed by atoms with Gasteiger partial charge in [0.15, 0.2) is 0 Å². The van der Waals surface area contributed by atoms with Gasteiger partial charge >= 0.3 is 5.97 Å². The summed E-state index contributed by atoms with van der Waals surface area (Å²) < 4.78 is 46.5. The number of pyridine rings is 1. The molecule has 0 aliphatic carbocycles. The summed E-state index contributed by atoms with van der Waals surface area (Å²) in [5.74, 6) is -1.21. The van der Waals surface area contributed by atoms with Gasteiger partial charge in [-0.3, -0.25) is 9.78 Å². The first-order chi connectivity index (χ1) is 15.3. The first kappa shape index (κ1) is 22.5. The number of ether oxygens (including phenoxy) is 1. The first-order valence-electron chi connectivity index (χ1n) is 10.3. The summed E-state index contributed by atoms with van der Waals surface area (Å²) in [5, 5.41) is 0.792. The molecule has 0 unspecified atom stereocenters. The van der Waals surface area contributed by atoms with E-state index < -0.39 is 21.6 Å². The van der Waals surface area contributed by atoms with Crippen molar-refractivity contribution in [2.24, 2.45) is 5.92 Å². The Labute approximate surface area is 190 Å². The molecule has 2 aromatic carbocycles. The lowest BCUT2D eigenvalue weighted by atomic mass is 9.97. The van der Waals surface area contributed by atoms with E-state index in [-0.39, 0.29) is 28.9 Å². The van der Waals surface area contributed by atoms with Crippen molar-refractivity contribution in [3.05, 3.63) is 59.5 Å². The lowest BCUT2D eigenvalue weighted by Gasteiger charge is -2.35. The van der Waals surface area contributed by atoms with Gasteiger partial charge in [0.1, 0.15) is 10.7 Å². The quantitative estimate of drug-likeness (QED) is 0.499. The fraction of sp³-hybridized carbons (Fsp3) is 0.304. The molecular formula is C23H22ClFN2O4S. The van der Waals surface area contributed by atoms with E-state index in [9.17, 15) is 17.6 Å². The van der Waals surface area contributed by atoms with Crippen molar-refractivity contribution in [1.29, 1.82) is 0 Å². The summed E-state index contributed by atoms with van der Waals surface area (Å²) in [6.07, 6.45) is 2.61. The number of hydrogen-bond acceptors (Lipinski definition) is 6. The number of halogens is 2. The second-order valence-electron chi connectivity index (χ2n) is 7.63. The number of anilines is 1. The number of aromatic nitrogens is 1. The third-order valence-electron chi connectivity index (χ3n) is 5.54. The molecule has 1 fully saturated rings. The molecular weight excluding hydrogens is 455 g/mol. The molecule has 168 valence electrons. The third kappa shape index (κ3) is 4.29. The van der Waals surface area contributed by atoms with Crippen molar-refractivity contribution in [3.63, 3.8) is 0 Å². The molecule has 6 nitrogen and oxygen atoms in total. The van der Waals surface area contributed by atoms with Crippen molar-refractivity contribution < 1.29 is 22.3 Å². The second-order valence-corrected chi connectivity index (χ2v) is 9.98. The number of esters is 1. The van der Waals surface area contributed by atoms with Gasteiger partial charge < -0.3 is 9.64 Å². The number of hydrogen-bond donors (Lipinski definition) is 0. The van der Waals surface area contributed by atoms with Crippen LogP contribution in [0.3, 0.4) is 0 Å². The summed E-state index contributed by atoms with van der Waals surface area (Å²) >= 11 is 5.93. The highest BCUT2D eigenvalue weighted by Crippen LogP contribution is 2.38. The van der Waals surface area contributed by atoms with Crippen LogP contribution in [0.25, 0.3) is 10.9 Å². The Morgan fingerprint density at radius 2 is 2.00 bits per heavy atom. The molecule has 2 heterocycles. The SMILES string of the molecule is CCOC(=O)[C@@H]1CCCN(c2c(S(=O)(=O)c3ccc(Cl)cc3)cnc3ccc(F)cc23)C1. The maximum Gasteiger partial charge on any atom is 0.310 e. The minimum absolute atomic E-state index is 0.0394. The molecule has 3 aromatic rings. The summed E-state index contributed by atoms with van der Waals surface area (Å²) in [5.41, 5.74) is 0.813. The molecule has 0 bridgehead atoms. The van der Waals surface area contributed by atoms with Crippen LogP contribution in [0.4, 0.5) is 10.1 Å². The van der Waals surface area contributed by atoms with Gasteiger partial charge in [0.05, 0.1) is 28.6 Å². The predicted molar refractivity (Wildman–Crippen MR) is 120 cm³/mol. The van der Waals surface area contributed by atoms with Crippen LogP contribution >= 0.6 is 11.6 Å². The van der Waals surface area contributed by atoms with Gasteiger partial charge in [-0.15, -0.1) is 0 Å². The Morgan fingerprint density at radius 1 is 1.25 bits per heavy atom. The Balaban J connectivity index is 1.88. The summed E-state index contributed by atoms with van der Waals surface area (Å²) in [7, 11) is -3.99. The number of piperidine rings is 1. The van der Waals surface area contributed by atoms with Gasteiger partial charge in [-0.2, -0.15) is 0 Å². The van der Waals surface area contributed by atoms with E-state index in [0.29, 0.717) is 41.0 Å². The third-order valence-corrected chi connectivity index (χ3v) is 7.56. The molecule has 0 amide bonds. The van der Waals surface area contributed by atoms with Crippen LogP contribution < -0.4 is 4.90 Å². The van der Waals surface area contributed by atoms with Gasteiger partial charge in [0, 0.05) is 29.7 Å².